The predicted octanol–water partition coefficient (Wildman–Crippen LogP) is 3.43. The maximum absolute atomic E-state index is 12.3. The number of rotatable bonds is 3. The van der Waals surface area contributed by atoms with Crippen molar-refractivity contribution in [3.05, 3.63) is 53.3 Å². The van der Waals surface area contributed by atoms with Crippen LogP contribution in [0.1, 0.15) is 18.9 Å². The van der Waals surface area contributed by atoms with E-state index in [0.29, 0.717) is 11.3 Å². The third-order valence-electron chi connectivity index (χ3n) is 3.29. The quantitative estimate of drug-likeness (QED) is 0.901. The van der Waals surface area contributed by atoms with Crippen molar-refractivity contribution >= 4 is 11.6 Å². The van der Waals surface area contributed by atoms with Crippen LogP contribution in [0.15, 0.2) is 47.7 Å². The number of allylic oxidation sites excluding steroid dienone is 2. The van der Waals surface area contributed by atoms with E-state index in [2.05, 4.69) is 5.32 Å². The Morgan fingerprint density at radius 3 is 2.63 bits per heavy atom. The maximum Gasteiger partial charge on any atom is 0.255 e. The normalized spacial score (nSPS) is 18.4. The second-order valence-electron chi connectivity index (χ2n) is 4.84. The highest BCUT2D eigenvalue weighted by molar-refractivity contribution is 6.04. The number of anilines is 1. The summed E-state index contributed by atoms with van der Waals surface area (Å²) in [5, 5.41) is 2.92. The molecular formula is C16H19NO2. The lowest BCUT2D eigenvalue weighted by atomic mass is 9.91. The molecule has 1 unspecified atom stereocenters. The molecule has 1 aliphatic carbocycles. The number of benzene rings is 1. The Kier molecular flexibility index (Phi) is 4.05. The molecule has 2 rings (SSSR count). The van der Waals surface area contributed by atoms with Crippen LogP contribution in [0.5, 0.6) is 0 Å². The molecule has 1 N–H and O–H groups in total. The molecule has 0 saturated carbocycles. The first-order chi connectivity index (χ1) is 9.11. The maximum atomic E-state index is 12.3. The topological polar surface area (TPSA) is 38.3 Å². The highest BCUT2D eigenvalue weighted by Gasteiger charge is 2.23. The van der Waals surface area contributed by atoms with Crippen LogP contribution >= 0.6 is 0 Å². The summed E-state index contributed by atoms with van der Waals surface area (Å²) in [4.78, 5) is 12.3. The van der Waals surface area contributed by atoms with Crippen LogP contribution in [-0.4, -0.2) is 13.0 Å². The summed E-state index contributed by atoms with van der Waals surface area (Å²) >= 11 is 0. The monoisotopic (exact) mass is 257 g/mol. The minimum Gasteiger partial charge on any atom is -0.496 e. The number of nitrogens with one attached hydrogen (secondary N) is 1. The zero-order valence-corrected chi connectivity index (χ0v) is 11.6. The lowest BCUT2D eigenvalue weighted by molar-refractivity contribution is -0.113. The molecule has 0 saturated heterocycles. The van der Waals surface area contributed by atoms with E-state index in [0.717, 1.165) is 12.1 Å². The van der Waals surface area contributed by atoms with Crippen LogP contribution in [0.25, 0.3) is 0 Å². The molecule has 1 aromatic rings. The van der Waals surface area contributed by atoms with E-state index in [-0.39, 0.29) is 11.8 Å². The Bertz CT molecular complexity index is 526. The Labute approximate surface area is 114 Å². The largest absolute Gasteiger partial charge is 0.496 e. The van der Waals surface area contributed by atoms with Gasteiger partial charge >= 0.3 is 0 Å². The van der Waals surface area contributed by atoms with Crippen molar-refractivity contribution in [1.82, 2.24) is 0 Å². The van der Waals surface area contributed by atoms with Gasteiger partial charge in [-0.1, -0.05) is 30.7 Å². The molecule has 0 aromatic heterocycles. The third-order valence-corrected chi connectivity index (χ3v) is 3.29. The zero-order chi connectivity index (χ0) is 13.8. The first-order valence-corrected chi connectivity index (χ1v) is 6.44. The minimum atomic E-state index is -0.0856. The molecule has 3 nitrogen and oxygen atoms in total. The number of hydrogen-bond acceptors (Lipinski definition) is 2. The van der Waals surface area contributed by atoms with Crippen LogP contribution in [0.2, 0.25) is 0 Å². The van der Waals surface area contributed by atoms with Gasteiger partial charge in [-0.3, -0.25) is 4.79 Å². The van der Waals surface area contributed by atoms with E-state index in [4.69, 9.17) is 4.74 Å². The van der Waals surface area contributed by atoms with E-state index in [9.17, 15) is 4.79 Å². The van der Waals surface area contributed by atoms with E-state index < -0.39 is 0 Å². The van der Waals surface area contributed by atoms with Gasteiger partial charge in [0.1, 0.15) is 5.76 Å². The van der Waals surface area contributed by atoms with Crippen molar-refractivity contribution in [1.29, 1.82) is 0 Å². The summed E-state index contributed by atoms with van der Waals surface area (Å²) in [5.41, 5.74) is 2.69. The van der Waals surface area contributed by atoms with Gasteiger partial charge in [0, 0.05) is 5.69 Å². The van der Waals surface area contributed by atoms with Crippen LogP contribution in [0, 0.1) is 12.8 Å². The van der Waals surface area contributed by atoms with Crippen molar-refractivity contribution in [3.8, 4) is 0 Å². The summed E-state index contributed by atoms with van der Waals surface area (Å²) in [6, 6.07) is 7.77. The Morgan fingerprint density at radius 2 is 2.00 bits per heavy atom. The predicted molar refractivity (Wildman–Crippen MR) is 76.8 cm³/mol. The number of ether oxygens (including phenoxy) is 1. The Hall–Kier alpha value is -2.03. The van der Waals surface area contributed by atoms with Gasteiger partial charge in [-0.25, -0.2) is 0 Å². The third kappa shape index (κ3) is 3.05. The van der Waals surface area contributed by atoms with Crippen LogP contribution in [0.3, 0.4) is 0 Å². The van der Waals surface area contributed by atoms with Gasteiger partial charge < -0.3 is 10.1 Å². The summed E-state index contributed by atoms with van der Waals surface area (Å²) in [5.74, 6) is 0.742. The molecule has 1 aliphatic rings. The fraction of sp³-hybridized carbons (Fsp3) is 0.312. The summed E-state index contributed by atoms with van der Waals surface area (Å²) < 4.78 is 5.28. The second kappa shape index (κ2) is 5.74. The Balaban J connectivity index is 2.20. The number of carbonyl (C=O) groups excluding carboxylic acids is 1. The van der Waals surface area contributed by atoms with E-state index in [1.807, 2.05) is 50.3 Å². The van der Waals surface area contributed by atoms with Crippen molar-refractivity contribution in [3.63, 3.8) is 0 Å². The van der Waals surface area contributed by atoms with Crippen LogP contribution in [-0.2, 0) is 9.53 Å². The highest BCUT2D eigenvalue weighted by Crippen LogP contribution is 2.26. The van der Waals surface area contributed by atoms with Crippen LogP contribution in [0.4, 0.5) is 5.69 Å². The molecule has 1 aromatic carbocycles. The summed E-state index contributed by atoms with van der Waals surface area (Å²) in [6.07, 6.45) is 4.76. The second-order valence-corrected chi connectivity index (χ2v) is 4.84. The van der Waals surface area contributed by atoms with Crippen molar-refractivity contribution in [2.75, 3.05) is 12.4 Å². The van der Waals surface area contributed by atoms with Crippen molar-refractivity contribution < 1.29 is 9.53 Å². The first kappa shape index (κ1) is 13.4. The molecule has 1 amide bonds. The standard InChI is InChI=1S/C16H19NO2/c1-11-7-9-13(10-8-11)17-16(18)15-12(2)5-4-6-14(15)19-3/h4,6-10,12H,5H2,1-3H3,(H,17,18). The molecule has 100 valence electrons. The van der Waals surface area contributed by atoms with Gasteiger partial charge in [-0.05, 0) is 37.5 Å². The van der Waals surface area contributed by atoms with Gasteiger partial charge in [0.25, 0.3) is 5.91 Å². The molecule has 19 heavy (non-hydrogen) atoms. The highest BCUT2D eigenvalue weighted by atomic mass is 16.5. The lowest BCUT2D eigenvalue weighted by Crippen LogP contribution is -2.22. The van der Waals surface area contributed by atoms with Gasteiger partial charge in [-0.2, -0.15) is 0 Å². The molecule has 0 radical (unpaired) electrons. The SMILES string of the molecule is COC1=C(C(=O)Nc2ccc(C)cc2)C(C)CC=C1. The zero-order valence-electron chi connectivity index (χ0n) is 11.6. The Morgan fingerprint density at radius 1 is 1.32 bits per heavy atom. The van der Waals surface area contributed by atoms with Gasteiger partial charge in [0.05, 0.1) is 12.7 Å². The molecule has 0 spiro atoms. The molecule has 1 atom stereocenters. The minimum absolute atomic E-state index is 0.0856. The fourth-order valence-electron chi connectivity index (χ4n) is 2.18. The number of hydrogen-bond donors (Lipinski definition) is 1. The van der Waals surface area contributed by atoms with Gasteiger partial charge in [0.15, 0.2) is 0 Å². The molecule has 0 bridgehead atoms. The molecule has 0 aliphatic heterocycles. The molecule has 0 fully saturated rings. The summed E-state index contributed by atoms with van der Waals surface area (Å²) in [7, 11) is 1.59. The average Bonchev–Trinajstić information content (AvgIpc) is 2.40. The number of carbonyl (C=O) groups is 1. The van der Waals surface area contributed by atoms with Crippen molar-refractivity contribution in [2.45, 2.75) is 20.3 Å². The molecule has 3 heteroatoms. The van der Waals surface area contributed by atoms with Crippen LogP contribution < -0.4 is 5.32 Å². The first-order valence-electron chi connectivity index (χ1n) is 6.44. The van der Waals surface area contributed by atoms with Gasteiger partial charge in [0.2, 0.25) is 0 Å². The van der Waals surface area contributed by atoms with E-state index in [1.165, 1.54) is 5.56 Å². The summed E-state index contributed by atoms with van der Waals surface area (Å²) in [6.45, 7) is 4.05. The molecule has 0 heterocycles. The smallest absolute Gasteiger partial charge is 0.255 e. The lowest BCUT2D eigenvalue weighted by Gasteiger charge is -2.20. The van der Waals surface area contributed by atoms with Crippen molar-refractivity contribution in [2.24, 2.45) is 5.92 Å². The average molecular weight is 257 g/mol. The fourth-order valence-corrected chi connectivity index (χ4v) is 2.18. The van der Waals surface area contributed by atoms with E-state index in [1.54, 1.807) is 7.11 Å². The number of aryl methyl sites for hydroxylation is 1. The van der Waals surface area contributed by atoms with E-state index >= 15 is 0 Å². The molecular weight excluding hydrogens is 238 g/mol. The number of methoxy groups -OCH3 is 1. The number of amides is 1. The van der Waals surface area contributed by atoms with Gasteiger partial charge in [-0.15, -0.1) is 0 Å².